The first-order chi connectivity index (χ1) is 11.4. The van der Waals surface area contributed by atoms with Crippen LogP contribution >= 0.6 is 0 Å². The minimum atomic E-state index is -3.57. The van der Waals surface area contributed by atoms with Crippen LogP contribution in [0.5, 0.6) is 11.5 Å². The molecule has 0 aliphatic carbocycles. The predicted octanol–water partition coefficient (Wildman–Crippen LogP) is 4.87. The Bertz CT molecular complexity index is 740. The summed E-state index contributed by atoms with van der Waals surface area (Å²) in [5.41, 5.74) is -0.660. The van der Waals surface area contributed by atoms with Gasteiger partial charge in [0.15, 0.2) is 0 Å². The summed E-state index contributed by atoms with van der Waals surface area (Å²) in [6.45, 7) is 11.7. The molecule has 0 heterocycles. The summed E-state index contributed by atoms with van der Waals surface area (Å²) >= 11 is 0. The summed E-state index contributed by atoms with van der Waals surface area (Å²) < 4.78 is 36.9. The van der Waals surface area contributed by atoms with Crippen LogP contribution in [0.25, 0.3) is 0 Å². The molecule has 0 spiro atoms. The van der Waals surface area contributed by atoms with Crippen molar-refractivity contribution in [1.29, 1.82) is 0 Å². The lowest BCUT2D eigenvalue weighted by Gasteiger charge is -2.21. The molecule has 2 rings (SSSR count). The van der Waals surface area contributed by atoms with E-state index < -0.39 is 9.84 Å². The first kappa shape index (κ1) is 19.3. The molecule has 136 valence electrons. The van der Waals surface area contributed by atoms with Crippen LogP contribution in [-0.4, -0.2) is 19.6 Å². The van der Waals surface area contributed by atoms with Gasteiger partial charge >= 0.3 is 0 Å². The molecule has 2 aromatic carbocycles. The van der Waals surface area contributed by atoms with E-state index in [4.69, 9.17) is 9.47 Å². The van der Waals surface area contributed by atoms with Crippen molar-refractivity contribution in [3.8, 4) is 11.5 Å². The third-order valence-electron chi connectivity index (χ3n) is 3.12. The fourth-order valence-electron chi connectivity index (χ4n) is 2.22. The molecule has 0 fully saturated rings. The van der Waals surface area contributed by atoms with E-state index in [9.17, 15) is 8.42 Å². The van der Waals surface area contributed by atoms with Gasteiger partial charge in [-0.05, 0) is 90.1 Å². The lowest BCUT2D eigenvalue weighted by atomic mass is 10.2. The maximum atomic E-state index is 12.7. The molecule has 2 aromatic rings. The predicted molar refractivity (Wildman–Crippen MR) is 99.1 cm³/mol. The minimum absolute atomic E-state index is 0.234. The second-order valence-electron chi connectivity index (χ2n) is 7.88. The van der Waals surface area contributed by atoms with E-state index in [2.05, 4.69) is 0 Å². The maximum Gasteiger partial charge on any atom is 0.206 e. The molecule has 0 aliphatic heterocycles. The summed E-state index contributed by atoms with van der Waals surface area (Å²) in [5.74, 6) is 1.28. The van der Waals surface area contributed by atoms with Gasteiger partial charge in [-0.15, -0.1) is 0 Å². The zero-order chi connectivity index (χ0) is 18.9. The number of benzene rings is 2. The average Bonchev–Trinajstić information content (AvgIpc) is 2.45. The van der Waals surface area contributed by atoms with Crippen LogP contribution < -0.4 is 9.47 Å². The number of hydrogen-bond acceptors (Lipinski definition) is 4. The Kier molecular flexibility index (Phi) is 5.19. The molecule has 0 atom stereocenters. The monoisotopic (exact) mass is 362 g/mol. The van der Waals surface area contributed by atoms with Gasteiger partial charge in [0, 0.05) is 0 Å². The van der Waals surface area contributed by atoms with Crippen LogP contribution in [0.4, 0.5) is 0 Å². The second-order valence-corrected chi connectivity index (χ2v) is 9.82. The number of hydrogen-bond donors (Lipinski definition) is 0. The molecular weight excluding hydrogens is 336 g/mol. The average molecular weight is 362 g/mol. The maximum absolute atomic E-state index is 12.7. The van der Waals surface area contributed by atoms with E-state index in [1.54, 1.807) is 48.5 Å². The van der Waals surface area contributed by atoms with Crippen molar-refractivity contribution in [2.75, 3.05) is 0 Å². The third-order valence-corrected chi connectivity index (χ3v) is 4.90. The second kappa shape index (κ2) is 6.71. The van der Waals surface area contributed by atoms with Crippen LogP contribution in [0, 0.1) is 0 Å². The van der Waals surface area contributed by atoms with Crippen LogP contribution in [0.15, 0.2) is 58.3 Å². The Balaban J connectivity index is 2.23. The topological polar surface area (TPSA) is 52.6 Å². The molecule has 0 radical (unpaired) electrons. The van der Waals surface area contributed by atoms with Gasteiger partial charge in [-0.2, -0.15) is 0 Å². The first-order valence-corrected chi connectivity index (χ1v) is 9.68. The van der Waals surface area contributed by atoms with Crippen molar-refractivity contribution in [3.05, 3.63) is 48.5 Å². The van der Waals surface area contributed by atoms with Gasteiger partial charge < -0.3 is 9.47 Å². The van der Waals surface area contributed by atoms with Gasteiger partial charge in [-0.1, -0.05) is 0 Å². The largest absolute Gasteiger partial charge is 0.488 e. The molecule has 0 aromatic heterocycles. The smallest absolute Gasteiger partial charge is 0.206 e. The summed E-state index contributed by atoms with van der Waals surface area (Å²) in [4.78, 5) is 0.469. The molecule has 0 bridgehead atoms. The summed E-state index contributed by atoms with van der Waals surface area (Å²) in [5, 5.41) is 0. The van der Waals surface area contributed by atoms with E-state index >= 15 is 0 Å². The molecule has 0 aliphatic rings. The van der Waals surface area contributed by atoms with Crippen LogP contribution in [0.1, 0.15) is 41.5 Å². The van der Waals surface area contributed by atoms with Crippen molar-refractivity contribution in [2.45, 2.75) is 62.5 Å². The molecule has 0 amide bonds. The zero-order valence-electron chi connectivity index (χ0n) is 15.7. The number of rotatable bonds is 4. The van der Waals surface area contributed by atoms with Crippen LogP contribution in [-0.2, 0) is 9.84 Å². The van der Waals surface area contributed by atoms with Gasteiger partial charge in [0.25, 0.3) is 0 Å². The summed E-state index contributed by atoms with van der Waals surface area (Å²) in [6, 6.07) is 13.0. The Labute approximate surface area is 150 Å². The van der Waals surface area contributed by atoms with Crippen molar-refractivity contribution >= 4 is 9.84 Å². The highest BCUT2D eigenvalue weighted by Gasteiger charge is 2.19. The van der Waals surface area contributed by atoms with E-state index in [0.29, 0.717) is 11.5 Å². The van der Waals surface area contributed by atoms with Gasteiger partial charge in [0.1, 0.15) is 22.7 Å². The van der Waals surface area contributed by atoms with E-state index in [1.807, 2.05) is 41.5 Å². The lowest BCUT2D eigenvalue weighted by Crippen LogP contribution is -2.23. The van der Waals surface area contributed by atoms with Gasteiger partial charge in [0.2, 0.25) is 9.84 Å². The van der Waals surface area contributed by atoms with Crippen molar-refractivity contribution < 1.29 is 17.9 Å². The Morgan fingerprint density at radius 1 is 0.600 bits per heavy atom. The summed E-state index contributed by atoms with van der Waals surface area (Å²) in [7, 11) is -3.57. The normalized spacial score (nSPS) is 12.7. The van der Waals surface area contributed by atoms with Crippen molar-refractivity contribution in [2.24, 2.45) is 0 Å². The quantitative estimate of drug-likeness (QED) is 0.778. The molecule has 5 heteroatoms. The number of sulfone groups is 1. The molecule has 0 saturated carbocycles. The van der Waals surface area contributed by atoms with Gasteiger partial charge in [-0.3, -0.25) is 0 Å². The Hall–Kier alpha value is -2.01. The van der Waals surface area contributed by atoms with Crippen molar-refractivity contribution in [3.63, 3.8) is 0 Å². The molecule has 0 N–H and O–H groups in total. The highest BCUT2D eigenvalue weighted by molar-refractivity contribution is 7.91. The Morgan fingerprint density at radius 2 is 0.880 bits per heavy atom. The highest BCUT2D eigenvalue weighted by atomic mass is 32.2. The van der Waals surface area contributed by atoms with Gasteiger partial charge in [0.05, 0.1) is 9.79 Å². The van der Waals surface area contributed by atoms with E-state index in [0.717, 1.165) is 0 Å². The molecule has 0 unspecified atom stereocenters. The van der Waals surface area contributed by atoms with Crippen molar-refractivity contribution in [1.82, 2.24) is 0 Å². The molecule has 4 nitrogen and oxygen atoms in total. The fraction of sp³-hybridized carbons (Fsp3) is 0.400. The van der Waals surface area contributed by atoms with E-state index in [-0.39, 0.29) is 21.0 Å². The minimum Gasteiger partial charge on any atom is -0.488 e. The third kappa shape index (κ3) is 5.49. The highest BCUT2D eigenvalue weighted by Crippen LogP contribution is 2.27. The van der Waals surface area contributed by atoms with Crippen LogP contribution in [0.3, 0.4) is 0 Å². The standard InChI is InChI=1S/C20H26O4S/c1-19(2,3)23-15-7-11-17(12-8-15)25(21,22)18-13-9-16(10-14-18)24-20(4,5)6/h7-14H,1-6H3. The van der Waals surface area contributed by atoms with E-state index in [1.165, 1.54) is 0 Å². The molecular formula is C20H26O4S. The lowest BCUT2D eigenvalue weighted by molar-refractivity contribution is 0.130. The Morgan fingerprint density at radius 3 is 1.12 bits per heavy atom. The SMILES string of the molecule is CC(C)(C)Oc1ccc(S(=O)(=O)c2ccc(OC(C)(C)C)cc2)cc1. The fourth-order valence-corrected chi connectivity index (χ4v) is 3.48. The van der Waals surface area contributed by atoms with Gasteiger partial charge in [-0.25, -0.2) is 8.42 Å². The van der Waals surface area contributed by atoms with Crippen LogP contribution in [0.2, 0.25) is 0 Å². The first-order valence-electron chi connectivity index (χ1n) is 8.20. The summed E-state index contributed by atoms with van der Waals surface area (Å²) in [6.07, 6.45) is 0. The zero-order valence-corrected chi connectivity index (χ0v) is 16.5. The molecule has 25 heavy (non-hydrogen) atoms. The number of ether oxygens (including phenoxy) is 2. The molecule has 0 saturated heterocycles.